The largest absolute Gasteiger partial charge is 0.444 e. The van der Waals surface area contributed by atoms with E-state index in [4.69, 9.17) is 4.74 Å². The third-order valence-electron chi connectivity index (χ3n) is 5.03. The minimum atomic E-state index is -0.545. The fourth-order valence-corrected chi connectivity index (χ4v) is 3.69. The summed E-state index contributed by atoms with van der Waals surface area (Å²) in [5.41, 5.74) is 1.81. The highest BCUT2D eigenvalue weighted by Crippen LogP contribution is 2.31. The number of anilines is 2. The molecule has 1 aromatic carbocycles. The van der Waals surface area contributed by atoms with Crippen molar-refractivity contribution < 1.29 is 9.53 Å². The van der Waals surface area contributed by atoms with Crippen molar-refractivity contribution in [2.45, 2.75) is 39.3 Å². The Kier molecular flexibility index (Phi) is 5.73. The molecule has 31 heavy (non-hydrogen) atoms. The second kappa shape index (κ2) is 8.47. The first-order chi connectivity index (χ1) is 14.8. The summed E-state index contributed by atoms with van der Waals surface area (Å²) in [5.74, 6) is 0.864. The third-order valence-corrected chi connectivity index (χ3v) is 5.03. The topological polar surface area (TPSA) is 92.3 Å². The maximum absolute atomic E-state index is 12.0. The lowest BCUT2D eigenvalue weighted by molar-refractivity contribution is 0.0636. The van der Waals surface area contributed by atoms with Crippen LogP contribution in [-0.2, 0) is 4.74 Å². The second-order valence-electron chi connectivity index (χ2n) is 8.80. The number of hydrogen-bond acceptors (Lipinski definition) is 7. The van der Waals surface area contributed by atoms with Gasteiger partial charge in [0.15, 0.2) is 5.82 Å². The van der Waals surface area contributed by atoms with E-state index in [2.05, 4.69) is 37.6 Å². The molecule has 8 nitrogen and oxygen atoms in total. The quantitative estimate of drug-likeness (QED) is 0.665. The predicted molar refractivity (Wildman–Crippen MR) is 122 cm³/mol. The van der Waals surface area contributed by atoms with Crippen LogP contribution in [0.2, 0.25) is 0 Å². The molecule has 3 aromatic rings. The van der Waals surface area contributed by atoms with Gasteiger partial charge < -0.3 is 15.0 Å². The fraction of sp³-hybridized carbons (Fsp3) is 0.391. The van der Waals surface area contributed by atoms with Crippen LogP contribution in [0.4, 0.5) is 16.3 Å². The van der Waals surface area contributed by atoms with E-state index < -0.39 is 11.7 Å². The molecule has 1 amide bonds. The van der Waals surface area contributed by atoms with E-state index >= 15 is 0 Å². The number of carbonyl (C=O) groups excluding carboxylic acids is 1. The highest BCUT2D eigenvalue weighted by Gasteiger charge is 2.21. The van der Waals surface area contributed by atoms with Gasteiger partial charge in [-0.25, -0.2) is 4.79 Å². The molecule has 4 rings (SSSR count). The summed E-state index contributed by atoms with van der Waals surface area (Å²) in [6.45, 7) is 10.3. The number of piperazine rings is 1. The molecule has 1 aliphatic rings. The van der Waals surface area contributed by atoms with E-state index in [1.54, 1.807) is 6.20 Å². The number of amides is 1. The molecule has 0 bridgehead atoms. The number of fused-ring (bicyclic) bond motifs is 1. The first-order valence-corrected chi connectivity index (χ1v) is 10.5. The van der Waals surface area contributed by atoms with Gasteiger partial charge in [0, 0.05) is 60.1 Å². The summed E-state index contributed by atoms with van der Waals surface area (Å²) in [5, 5.41) is 17.3. The van der Waals surface area contributed by atoms with Crippen molar-refractivity contribution in [2.75, 3.05) is 29.9 Å². The van der Waals surface area contributed by atoms with Gasteiger partial charge in [-0.05, 0) is 45.9 Å². The van der Waals surface area contributed by atoms with Crippen molar-refractivity contribution >= 4 is 28.4 Å². The van der Waals surface area contributed by atoms with Crippen molar-refractivity contribution in [2.24, 2.45) is 0 Å². The average Bonchev–Trinajstić information content (AvgIpc) is 2.72. The number of ether oxygens (including phenoxy) is 1. The molecule has 0 spiro atoms. The smallest absolute Gasteiger partial charge is 0.412 e. The van der Waals surface area contributed by atoms with Crippen LogP contribution in [-0.4, -0.2) is 52.6 Å². The lowest BCUT2D eigenvalue weighted by Gasteiger charge is -2.33. The first kappa shape index (κ1) is 21.0. The Morgan fingerprint density at radius 2 is 1.94 bits per heavy atom. The Balaban J connectivity index is 1.61. The number of benzene rings is 1. The van der Waals surface area contributed by atoms with Gasteiger partial charge in [-0.1, -0.05) is 12.1 Å². The highest BCUT2D eigenvalue weighted by atomic mass is 16.6. The minimum Gasteiger partial charge on any atom is -0.444 e. The molecule has 0 aliphatic carbocycles. The Labute approximate surface area is 182 Å². The van der Waals surface area contributed by atoms with Crippen molar-refractivity contribution in [3.8, 4) is 11.3 Å². The van der Waals surface area contributed by atoms with Crippen LogP contribution in [0.25, 0.3) is 22.0 Å². The molecule has 0 radical (unpaired) electrons. The van der Waals surface area contributed by atoms with Gasteiger partial charge in [-0.2, -0.15) is 0 Å². The van der Waals surface area contributed by atoms with Gasteiger partial charge >= 0.3 is 6.09 Å². The zero-order valence-corrected chi connectivity index (χ0v) is 18.3. The Hall–Kier alpha value is -3.26. The molecule has 1 saturated heterocycles. The fourth-order valence-electron chi connectivity index (χ4n) is 3.69. The molecule has 1 aliphatic heterocycles. The summed E-state index contributed by atoms with van der Waals surface area (Å²) < 4.78 is 5.30. The van der Waals surface area contributed by atoms with Gasteiger partial charge in [0.05, 0.1) is 0 Å². The zero-order chi connectivity index (χ0) is 22.0. The lowest BCUT2D eigenvalue weighted by Crippen LogP contribution is -2.49. The second-order valence-corrected chi connectivity index (χ2v) is 8.80. The number of nitrogens with zero attached hydrogens (tertiary/aromatic N) is 4. The van der Waals surface area contributed by atoms with Crippen LogP contribution in [0.3, 0.4) is 0 Å². The lowest BCUT2D eigenvalue weighted by atomic mass is 10.1. The highest BCUT2D eigenvalue weighted by molar-refractivity contribution is 6.00. The van der Waals surface area contributed by atoms with Gasteiger partial charge in [-0.15, -0.1) is 10.2 Å². The number of rotatable bonds is 3. The summed E-state index contributed by atoms with van der Waals surface area (Å²) >= 11 is 0. The molecule has 1 unspecified atom stereocenters. The molecular weight excluding hydrogens is 392 g/mol. The monoisotopic (exact) mass is 420 g/mol. The van der Waals surface area contributed by atoms with E-state index in [9.17, 15) is 4.79 Å². The average molecular weight is 421 g/mol. The van der Waals surface area contributed by atoms with E-state index in [0.29, 0.717) is 11.7 Å². The standard InChI is InChI=1S/C23H28N6O2/c1-15-14-29(12-11-25-15)21-19-13-24-10-9-18(19)20(27-28-21)16-5-7-17(8-6-16)26-22(30)31-23(2,3)4/h5-10,13,15,25H,11-12,14H2,1-4H3,(H,26,30). The van der Waals surface area contributed by atoms with Crippen LogP contribution < -0.4 is 15.5 Å². The third kappa shape index (κ3) is 4.91. The van der Waals surface area contributed by atoms with Crippen molar-refractivity contribution in [3.63, 3.8) is 0 Å². The molecule has 3 heterocycles. The van der Waals surface area contributed by atoms with E-state index in [1.165, 1.54) is 0 Å². The Bertz CT molecular complexity index is 1080. The Morgan fingerprint density at radius 3 is 2.65 bits per heavy atom. The van der Waals surface area contributed by atoms with E-state index in [1.807, 2.05) is 57.3 Å². The summed E-state index contributed by atoms with van der Waals surface area (Å²) in [6.07, 6.45) is 3.15. The van der Waals surface area contributed by atoms with Crippen molar-refractivity contribution in [1.82, 2.24) is 20.5 Å². The number of carbonyl (C=O) groups is 1. The molecule has 0 saturated carbocycles. The maximum atomic E-state index is 12.0. The van der Waals surface area contributed by atoms with Gasteiger partial charge in [-0.3, -0.25) is 10.3 Å². The molecule has 2 aromatic heterocycles. The zero-order valence-electron chi connectivity index (χ0n) is 18.3. The van der Waals surface area contributed by atoms with Gasteiger partial charge in [0.2, 0.25) is 0 Å². The molecular formula is C23H28N6O2. The normalized spacial score (nSPS) is 16.9. The minimum absolute atomic E-state index is 0.395. The van der Waals surface area contributed by atoms with Gasteiger partial charge in [0.1, 0.15) is 11.3 Å². The predicted octanol–water partition coefficient (Wildman–Crippen LogP) is 3.84. The van der Waals surface area contributed by atoms with Crippen LogP contribution in [0.5, 0.6) is 0 Å². The molecule has 2 N–H and O–H groups in total. The SMILES string of the molecule is CC1CN(c2nnc(-c3ccc(NC(=O)OC(C)(C)C)cc3)c3ccncc23)CCN1. The number of hydrogen-bond donors (Lipinski definition) is 2. The molecule has 1 atom stereocenters. The molecule has 162 valence electrons. The maximum Gasteiger partial charge on any atom is 0.412 e. The summed E-state index contributed by atoms with van der Waals surface area (Å²) in [6, 6.07) is 9.87. The Morgan fingerprint density at radius 1 is 1.16 bits per heavy atom. The van der Waals surface area contributed by atoms with Crippen LogP contribution in [0.1, 0.15) is 27.7 Å². The van der Waals surface area contributed by atoms with E-state index in [0.717, 1.165) is 47.5 Å². The van der Waals surface area contributed by atoms with Crippen molar-refractivity contribution in [1.29, 1.82) is 0 Å². The number of pyridine rings is 1. The van der Waals surface area contributed by atoms with Crippen molar-refractivity contribution in [3.05, 3.63) is 42.7 Å². The molecule has 8 heteroatoms. The van der Waals surface area contributed by atoms with Crippen LogP contribution in [0.15, 0.2) is 42.7 Å². The van der Waals surface area contributed by atoms with E-state index in [-0.39, 0.29) is 0 Å². The number of nitrogens with one attached hydrogen (secondary N) is 2. The van der Waals surface area contributed by atoms with Crippen LogP contribution in [0, 0.1) is 0 Å². The summed E-state index contributed by atoms with van der Waals surface area (Å²) in [7, 11) is 0. The number of aromatic nitrogens is 3. The first-order valence-electron chi connectivity index (χ1n) is 10.5. The van der Waals surface area contributed by atoms with Crippen LogP contribution >= 0.6 is 0 Å². The van der Waals surface area contributed by atoms with Gasteiger partial charge in [0.25, 0.3) is 0 Å². The molecule has 1 fully saturated rings. The summed E-state index contributed by atoms with van der Waals surface area (Å²) in [4.78, 5) is 18.6.